The fourth-order valence-corrected chi connectivity index (χ4v) is 3.48. The number of hydrogen-bond donors (Lipinski definition) is 1. The van der Waals surface area contributed by atoms with E-state index < -0.39 is 17.7 Å². The molecule has 0 fully saturated rings. The number of carbonyl (C=O) groups excluding carboxylic acids is 2. The Balaban J connectivity index is 2.00. The average Bonchev–Trinajstić information content (AvgIpc) is 2.72. The molecular formula is C24H31NO5. The zero-order chi connectivity index (χ0) is 22.3. The molecule has 2 rings (SSSR count). The predicted molar refractivity (Wildman–Crippen MR) is 115 cm³/mol. The van der Waals surface area contributed by atoms with Gasteiger partial charge in [-0.25, -0.2) is 4.98 Å². The van der Waals surface area contributed by atoms with Crippen LogP contribution in [0.25, 0.3) is 0 Å². The van der Waals surface area contributed by atoms with E-state index in [9.17, 15) is 14.7 Å². The van der Waals surface area contributed by atoms with Gasteiger partial charge in [-0.2, -0.15) is 0 Å². The molecule has 1 N–H and O–H groups in total. The molecule has 6 heteroatoms. The van der Waals surface area contributed by atoms with Gasteiger partial charge in [0.25, 0.3) is 0 Å². The molecule has 0 amide bonds. The number of carbonyl (C=O) groups is 2. The van der Waals surface area contributed by atoms with Crippen LogP contribution in [0.1, 0.15) is 50.2 Å². The fraction of sp³-hybridized carbons (Fsp3) is 0.458. The van der Waals surface area contributed by atoms with E-state index in [4.69, 9.17) is 9.47 Å². The van der Waals surface area contributed by atoms with Crippen molar-refractivity contribution in [3.05, 3.63) is 53.9 Å². The monoisotopic (exact) mass is 413 g/mol. The van der Waals surface area contributed by atoms with Crippen LogP contribution in [0.15, 0.2) is 42.6 Å². The third kappa shape index (κ3) is 6.05. The second kappa shape index (κ2) is 10.8. The van der Waals surface area contributed by atoms with Crippen molar-refractivity contribution >= 4 is 11.8 Å². The summed E-state index contributed by atoms with van der Waals surface area (Å²) in [7, 11) is 1.39. The molecule has 30 heavy (non-hydrogen) atoms. The number of Topliss-reactive ketones (excluding diaryl/α,β-unsaturated/α-hetero) is 1. The average molecular weight is 414 g/mol. The van der Waals surface area contributed by atoms with E-state index in [0.717, 1.165) is 6.42 Å². The first-order valence-electron chi connectivity index (χ1n) is 10.2. The normalized spacial score (nSPS) is 14.1. The van der Waals surface area contributed by atoms with Crippen molar-refractivity contribution in [1.29, 1.82) is 0 Å². The quantitative estimate of drug-likeness (QED) is 0.457. The molecule has 1 heterocycles. The second-order valence-corrected chi connectivity index (χ2v) is 7.98. The van der Waals surface area contributed by atoms with Gasteiger partial charge in [-0.3, -0.25) is 9.59 Å². The topological polar surface area (TPSA) is 85.7 Å². The van der Waals surface area contributed by atoms with E-state index in [0.29, 0.717) is 5.92 Å². The molecule has 0 radical (unpaired) electrons. The smallest absolute Gasteiger partial charge is 0.309 e. The Morgan fingerprint density at radius 2 is 1.73 bits per heavy atom. The first kappa shape index (κ1) is 23.4. The summed E-state index contributed by atoms with van der Waals surface area (Å²) in [6.07, 6.45) is 1.79. The molecule has 162 valence electrons. The van der Waals surface area contributed by atoms with Crippen molar-refractivity contribution in [2.45, 2.75) is 46.6 Å². The minimum atomic E-state index is -0.656. The van der Waals surface area contributed by atoms with E-state index in [2.05, 4.69) is 31.0 Å². The molecule has 3 atom stereocenters. The lowest BCUT2D eigenvalue weighted by molar-refractivity contribution is -0.156. The number of esters is 1. The molecule has 0 unspecified atom stereocenters. The highest BCUT2D eigenvalue weighted by atomic mass is 16.5. The maximum atomic E-state index is 12.6. The van der Waals surface area contributed by atoms with Crippen LogP contribution in [0.5, 0.6) is 11.5 Å². The Morgan fingerprint density at radius 3 is 2.33 bits per heavy atom. The minimum absolute atomic E-state index is 0.105. The highest BCUT2D eigenvalue weighted by Crippen LogP contribution is 2.29. The largest absolute Gasteiger partial charge is 0.503 e. The fourth-order valence-electron chi connectivity index (χ4n) is 3.48. The number of nitrogens with zero attached hydrogens (tertiary/aromatic N) is 1. The molecule has 1 aromatic heterocycles. The lowest BCUT2D eigenvalue weighted by atomic mass is 9.85. The van der Waals surface area contributed by atoms with E-state index in [-0.39, 0.29) is 35.6 Å². The van der Waals surface area contributed by atoms with Crippen LogP contribution in [0.4, 0.5) is 0 Å². The number of ketones is 1. The molecule has 0 saturated heterocycles. The first-order valence-corrected chi connectivity index (χ1v) is 10.2. The summed E-state index contributed by atoms with van der Waals surface area (Å²) in [5, 5.41) is 10.1. The molecule has 1 aromatic carbocycles. The van der Waals surface area contributed by atoms with Crippen molar-refractivity contribution < 1.29 is 24.2 Å². The van der Waals surface area contributed by atoms with Crippen molar-refractivity contribution in [2.24, 2.45) is 17.8 Å². The van der Waals surface area contributed by atoms with Crippen molar-refractivity contribution in [2.75, 3.05) is 7.11 Å². The molecule has 2 aromatic rings. The minimum Gasteiger partial charge on any atom is -0.503 e. The Kier molecular flexibility index (Phi) is 8.39. The molecule has 0 aliphatic heterocycles. The number of aromatic nitrogens is 1. The Hall–Kier alpha value is -2.89. The number of pyridine rings is 1. The van der Waals surface area contributed by atoms with Gasteiger partial charge in [-0.1, -0.05) is 51.1 Å². The number of methoxy groups -OCH3 is 1. The van der Waals surface area contributed by atoms with Gasteiger partial charge in [0, 0.05) is 24.6 Å². The molecular weight excluding hydrogens is 382 g/mol. The number of rotatable bonds is 10. The van der Waals surface area contributed by atoms with Crippen LogP contribution < -0.4 is 4.74 Å². The molecule has 0 bridgehead atoms. The third-order valence-corrected chi connectivity index (χ3v) is 5.34. The SMILES string of the molecule is COc1ccnc(C(=O)C[C@@H](C)C(=O)O[C@@H](C)[C@H](Cc2ccccc2)C(C)C)c1O. The summed E-state index contributed by atoms with van der Waals surface area (Å²) in [6.45, 7) is 7.77. The third-order valence-electron chi connectivity index (χ3n) is 5.34. The van der Waals surface area contributed by atoms with Gasteiger partial charge >= 0.3 is 5.97 Å². The molecule has 0 aliphatic rings. The van der Waals surface area contributed by atoms with Crippen LogP contribution >= 0.6 is 0 Å². The van der Waals surface area contributed by atoms with Crippen molar-refractivity contribution in [3.8, 4) is 11.5 Å². The van der Waals surface area contributed by atoms with Gasteiger partial charge in [0.05, 0.1) is 13.0 Å². The first-order chi connectivity index (χ1) is 14.2. The predicted octanol–water partition coefficient (Wildman–Crippen LogP) is 4.45. The van der Waals surface area contributed by atoms with Crippen LogP contribution in [0.3, 0.4) is 0 Å². The summed E-state index contributed by atoms with van der Waals surface area (Å²) in [5.74, 6) is -1.20. The maximum absolute atomic E-state index is 12.6. The number of ether oxygens (including phenoxy) is 2. The van der Waals surface area contributed by atoms with Crippen molar-refractivity contribution in [3.63, 3.8) is 0 Å². The van der Waals surface area contributed by atoms with E-state index in [1.165, 1.54) is 24.9 Å². The standard InChI is InChI=1S/C24H31NO5/c1-15(2)19(14-18-9-7-6-8-10-18)17(4)30-24(28)16(3)13-20(26)22-23(27)21(29-5)11-12-25-22/h6-12,15-17,19,27H,13-14H2,1-5H3/t16-,17+,19-/m1/s1. The summed E-state index contributed by atoms with van der Waals surface area (Å²) < 4.78 is 10.7. The highest BCUT2D eigenvalue weighted by Gasteiger charge is 2.28. The zero-order valence-corrected chi connectivity index (χ0v) is 18.3. The Bertz CT molecular complexity index is 850. The summed E-state index contributed by atoms with van der Waals surface area (Å²) >= 11 is 0. The molecule has 0 saturated carbocycles. The van der Waals surface area contributed by atoms with Crippen LogP contribution in [-0.4, -0.2) is 35.1 Å². The van der Waals surface area contributed by atoms with Crippen LogP contribution in [0, 0.1) is 17.8 Å². The van der Waals surface area contributed by atoms with Crippen molar-refractivity contribution in [1.82, 2.24) is 4.98 Å². The zero-order valence-electron chi connectivity index (χ0n) is 18.3. The molecule has 0 aliphatic carbocycles. The highest BCUT2D eigenvalue weighted by molar-refractivity contribution is 5.99. The summed E-state index contributed by atoms with van der Waals surface area (Å²) in [5.41, 5.74) is 1.09. The van der Waals surface area contributed by atoms with E-state index in [1.807, 2.05) is 25.1 Å². The lowest BCUT2D eigenvalue weighted by Crippen LogP contribution is -2.32. The van der Waals surface area contributed by atoms with Gasteiger partial charge in [-0.15, -0.1) is 0 Å². The van der Waals surface area contributed by atoms with Gasteiger partial charge in [0.1, 0.15) is 6.10 Å². The van der Waals surface area contributed by atoms with E-state index in [1.54, 1.807) is 6.92 Å². The van der Waals surface area contributed by atoms with E-state index >= 15 is 0 Å². The summed E-state index contributed by atoms with van der Waals surface area (Å²) in [4.78, 5) is 29.1. The Labute approximate surface area is 178 Å². The van der Waals surface area contributed by atoms with Crippen LogP contribution in [0.2, 0.25) is 0 Å². The second-order valence-electron chi connectivity index (χ2n) is 7.98. The Morgan fingerprint density at radius 1 is 1.07 bits per heavy atom. The number of benzene rings is 1. The maximum Gasteiger partial charge on any atom is 0.309 e. The van der Waals surface area contributed by atoms with Gasteiger partial charge < -0.3 is 14.6 Å². The van der Waals surface area contributed by atoms with Gasteiger partial charge in [-0.05, 0) is 24.8 Å². The summed E-state index contributed by atoms with van der Waals surface area (Å²) in [6, 6.07) is 11.6. The van der Waals surface area contributed by atoms with Gasteiger partial charge in [0.2, 0.25) is 0 Å². The lowest BCUT2D eigenvalue weighted by Gasteiger charge is -2.28. The number of hydrogen-bond acceptors (Lipinski definition) is 6. The molecule has 0 spiro atoms. The molecule has 6 nitrogen and oxygen atoms in total. The van der Waals surface area contributed by atoms with Gasteiger partial charge in [0.15, 0.2) is 23.0 Å². The number of aromatic hydroxyl groups is 1. The van der Waals surface area contributed by atoms with Crippen LogP contribution in [-0.2, 0) is 16.0 Å².